The average Bonchev–Trinajstić information content (AvgIpc) is 2.72. The summed E-state index contributed by atoms with van der Waals surface area (Å²) in [4.78, 5) is 13.6. The third kappa shape index (κ3) is 2.89. The Morgan fingerprint density at radius 1 is 1.30 bits per heavy atom. The summed E-state index contributed by atoms with van der Waals surface area (Å²) in [6.45, 7) is 4.57. The van der Waals surface area contributed by atoms with Crippen LogP contribution >= 0.6 is 0 Å². The van der Waals surface area contributed by atoms with Crippen LogP contribution in [0.2, 0.25) is 0 Å². The average molecular weight is 275 g/mol. The van der Waals surface area contributed by atoms with Gasteiger partial charge in [-0.15, -0.1) is 0 Å². The molecule has 1 aromatic rings. The van der Waals surface area contributed by atoms with Crippen LogP contribution in [0.5, 0.6) is 0 Å². The van der Waals surface area contributed by atoms with Crippen LogP contribution in [0.15, 0.2) is 18.2 Å². The van der Waals surface area contributed by atoms with E-state index in [2.05, 4.69) is 19.2 Å². The van der Waals surface area contributed by atoms with Gasteiger partial charge >= 0.3 is 0 Å². The molecule has 3 unspecified atom stereocenters. The lowest BCUT2D eigenvalue weighted by Gasteiger charge is -2.22. The van der Waals surface area contributed by atoms with E-state index < -0.39 is 0 Å². The van der Waals surface area contributed by atoms with Crippen LogP contribution < -0.4 is 11.1 Å². The highest BCUT2D eigenvalue weighted by atomic mass is 16.2. The molecule has 3 N–H and O–H groups in total. The number of rotatable bonds is 3. The molecule has 1 aromatic carbocycles. The molecule has 1 fully saturated rings. The van der Waals surface area contributed by atoms with Crippen molar-refractivity contribution in [2.75, 3.05) is 25.1 Å². The minimum atomic E-state index is 0.000823. The molecule has 0 spiro atoms. The van der Waals surface area contributed by atoms with E-state index in [1.54, 1.807) is 25.1 Å². The zero-order valence-electron chi connectivity index (χ0n) is 12.8. The van der Waals surface area contributed by atoms with Gasteiger partial charge in [0.25, 0.3) is 5.91 Å². The molecule has 1 aliphatic carbocycles. The Balaban J connectivity index is 2.19. The first-order valence-corrected chi connectivity index (χ1v) is 7.28. The van der Waals surface area contributed by atoms with Gasteiger partial charge in [-0.2, -0.15) is 0 Å². The van der Waals surface area contributed by atoms with E-state index in [0.717, 1.165) is 18.0 Å². The van der Waals surface area contributed by atoms with Gasteiger partial charge in [0.1, 0.15) is 0 Å². The standard InChI is InChI=1S/C16H25N3O/c1-10-5-8-14(11(10)2)18-15-9-12(6-7-13(15)17)16(20)19(3)4/h6-7,9-11,14,18H,5,8,17H2,1-4H3. The second-order valence-corrected chi connectivity index (χ2v) is 6.17. The lowest BCUT2D eigenvalue weighted by atomic mass is 9.97. The van der Waals surface area contributed by atoms with Crippen molar-refractivity contribution in [3.8, 4) is 0 Å². The van der Waals surface area contributed by atoms with Gasteiger partial charge in [-0.1, -0.05) is 13.8 Å². The highest BCUT2D eigenvalue weighted by molar-refractivity contribution is 5.95. The summed E-state index contributed by atoms with van der Waals surface area (Å²) in [6.07, 6.45) is 2.41. The van der Waals surface area contributed by atoms with Gasteiger partial charge in [0.15, 0.2) is 0 Å². The van der Waals surface area contributed by atoms with E-state index in [1.807, 2.05) is 12.1 Å². The zero-order chi connectivity index (χ0) is 14.9. The number of hydrogen-bond acceptors (Lipinski definition) is 3. The van der Waals surface area contributed by atoms with Crippen LogP contribution in [0.3, 0.4) is 0 Å². The Labute approximate surface area is 121 Å². The largest absolute Gasteiger partial charge is 0.397 e. The number of nitrogens with one attached hydrogen (secondary N) is 1. The lowest BCUT2D eigenvalue weighted by molar-refractivity contribution is 0.0827. The highest BCUT2D eigenvalue weighted by Gasteiger charge is 2.29. The molecule has 1 amide bonds. The maximum Gasteiger partial charge on any atom is 0.253 e. The van der Waals surface area contributed by atoms with Crippen LogP contribution in [0, 0.1) is 11.8 Å². The van der Waals surface area contributed by atoms with Crippen LogP contribution in [0.1, 0.15) is 37.0 Å². The Kier molecular flexibility index (Phi) is 4.21. The third-order valence-electron chi connectivity index (χ3n) is 4.51. The SMILES string of the molecule is CC1CCC(Nc2cc(C(=O)N(C)C)ccc2N)C1C. The Hall–Kier alpha value is -1.71. The van der Waals surface area contributed by atoms with Crippen LogP contribution in [-0.4, -0.2) is 30.9 Å². The number of hydrogen-bond donors (Lipinski definition) is 2. The summed E-state index contributed by atoms with van der Waals surface area (Å²) in [5, 5.41) is 3.53. The molecule has 4 heteroatoms. The molecule has 1 aliphatic rings. The fraction of sp³-hybridized carbons (Fsp3) is 0.562. The molecule has 0 aliphatic heterocycles. The van der Waals surface area contributed by atoms with Gasteiger partial charge in [0.2, 0.25) is 0 Å². The lowest BCUT2D eigenvalue weighted by Crippen LogP contribution is -2.25. The number of nitrogens with two attached hydrogens (primary N) is 1. The number of amides is 1. The van der Waals surface area contributed by atoms with Crippen molar-refractivity contribution < 1.29 is 4.79 Å². The quantitative estimate of drug-likeness (QED) is 0.834. The molecule has 1 saturated carbocycles. The number of anilines is 2. The molecule has 0 bridgehead atoms. The summed E-state index contributed by atoms with van der Waals surface area (Å²) in [6, 6.07) is 5.90. The monoisotopic (exact) mass is 275 g/mol. The van der Waals surface area contributed by atoms with Gasteiger partial charge in [-0.25, -0.2) is 0 Å². The van der Waals surface area contributed by atoms with Crippen LogP contribution in [0.25, 0.3) is 0 Å². The van der Waals surface area contributed by atoms with Crippen molar-refractivity contribution in [2.45, 2.75) is 32.7 Å². The number of carbonyl (C=O) groups is 1. The van der Waals surface area contributed by atoms with E-state index in [9.17, 15) is 4.79 Å². The minimum Gasteiger partial charge on any atom is -0.397 e. The molecule has 20 heavy (non-hydrogen) atoms. The summed E-state index contributed by atoms with van der Waals surface area (Å²) in [7, 11) is 3.51. The topological polar surface area (TPSA) is 58.4 Å². The normalized spacial score (nSPS) is 25.5. The molecule has 4 nitrogen and oxygen atoms in total. The first-order chi connectivity index (χ1) is 9.40. The van der Waals surface area contributed by atoms with E-state index in [0.29, 0.717) is 23.2 Å². The second kappa shape index (κ2) is 5.73. The van der Waals surface area contributed by atoms with E-state index >= 15 is 0 Å². The molecule has 0 saturated heterocycles. The molecule has 3 atom stereocenters. The molecule has 2 rings (SSSR count). The van der Waals surface area contributed by atoms with Crippen LogP contribution in [-0.2, 0) is 0 Å². The molecular weight excluding hydrogens is 250 g/mol. The maximum absolute atomic E-state index is 12.0. The van der Waals surface area contributed by atoms with E-state index in [-0.39, 0.29) is 5.91 Å². The Morgan fingerprint density at radius 3 is 2.55 bits per heavy atom. The fourth-order valence-corrected chi connectivity index (χ4v) is 2.84. The first-order valence-electron chi connectivity index (χ1n) is 7.28. The summed E-state index contributed by atoms with van der Waals surface area (Å²) in [5.41, 5.74) is 8.29. The van der Waals surface area contributed by atoms with Gasteiger partial charge in [0, 0.05) is 25.7 Å². The maximum atomic E-state index is 12.0. The van der Waals surface area contributed by atoms with Gasteiger partial charge in [-0.3, -0.25) is 4.79 Å². The van der Waals surface area contributed by atoms with Crippen molar-refractivity contribution in [1.82, 2.24) is 4.90 Å². The minimum absolute atomic E-state index is 0.000823. The van der Waals surface area contributed by atoms with Gasteiger partial charge < -0.3 is 16.0 Å². The number of benzene rings is 1. The number of nitrogen functional groups attached to an aromatic ring is 1. The van der Waals surface area contributed by atoms with Crippen molar-refractivity contribution in [1.29, 1.82) is 0 Å². The van der Waals surface area contributed by atoms with Crippen molar-refractivity contribution in [3.05, 3.63) is 23.8 Å². The predicted molar refractivity (Wildman–Crippen MR) is 83.8 cm³/mol. The van der Waals surface area contributed by atoms with Crippen molar-refractivity contribution >= 4 is 17.3 Å². The van der Waals surface area contributed by atoms with Gasteiger partial charge in [-0.05, 0) is 42.9 Å². The molecular formula is C16H25N3O. The molecule has 110 valence electrons. The van der Waals surface area contributed by atoms with E-state index in [1.165, 1.54) is 6.42 Å². The molecule has 0 heterocycles. The van der Waals surface area contributed by atoms with Crippen molar-refractivity contribution in [3.63, 3.8) is 0 Å². The molecule has 0 radical (unpaired) electrons. The zero-order valence-corrected chi connectivity index (χ0v) is 12.8. The van der Waals surface area contributed by atoms with E-state index in [4.69, 9.17) is 5.73 Å². The number of nitrogens with zero attached hydrogens (tertiary/aromatic N) is 1. The predicted octanol–water partition coefficient (Wildman–Crippen LogP) is 2.82. The Bertz CT molecular complexity index is 498. The highest BCUT2D eigenvalue weighted by Crippen LogP contribution is 2.34. The molecule has 0 aromatic heterocycles. The Morgan fingerprint density at radius 2 is 2.00 bits per heavy atom. The van der Waals surface area contributed by atoms with Gasteiger partial charge in [0.05, 0.1) is 11.4 Å². The third-order valence-corrected chi connectivity index (χ3v) is 4.51. The summed E-state index contributed by atoms with van der Waals surface area (Å²) in [5.74, 6) is 1.36. The summed E-state index contributed by atoms with van der Waals surface area (Å²) < 4.78 is 0. The summed E-state index contributed by atoms with van der Waals surface area (Å²) >= 11 is 0. The van der Waals surface area contributed by atoms with Crippen LogP contribution in [0.4, 0.5) is 11.4 Å². The fourth-order valence-electron chi connectivity index (χ4n) is 2.84. The first kappa shape index (κ1) is 14.7. The smallest absolute Gasteiger partial charge is 0.253 e. The second-order valence-electron chi connectivity index (χ2n) is 6.17. The number of carbonyl (C=O) groups excluding carboxylic acids is 1. The van der Waals surface area contributed by atoms with Crippen molar-refractivity contribution in [2.24, 2.45) is 11.8 Å².